The van der Waals surface area contributed by atoms with Crippen LogP contribution < -0.4 is 0 Å². The molecule has 0 bridgehead atoms. The van der Waals surface area contributed by atoms with E-state index in [0.29, 0.717) is 6.07 Å². The van der Waals surface area contributed by atoms with Crippen molar-refractivity contribution in [3.8, 4) is 6.07 Å². The summed E-state index contributed by atoms with van der Waals surface area (Å²) in [5, 5.41) is 8.61. The number of nitrogens with zero attached hydrogens (tertiary/aromatic N) is 1. The Balaban J connectivity index is 3.67. The maximum Gasteiger partial charge on any atom is 0.417 e. The van der Waals surface area contributed by atoms with Crippen LogP contribution in [0.4, 0.5) is 13.2 Å². The number of hydrogen-bond acceptors (Lipinski definition) is 4. The van der Waals surface area contributed by atoms with Crippen molar-refractivity contribution in [1.29, 1.82) is 5.26 Å². The Morgan fingerprint density at radius 3 is 2.44 bits per heavy atom. The smallest absolute Gasteiger partial charge is 0.417 e. The third kappa shape index (κ3) is 2.48. The summed E-state index contributed by atoms with van der Waals surface area (Å²) in [7, 11) is 0.962. The van der Waals surface area contributed by atoms with E-state index in [4.69, 9.17) is 5.26 Å². The van der Waals surface area contributed by atoms with Gasteiger partial charge in [0, 0.05) is 5.56 Å². The van der Waals surface area contributed by atoms with Crippen LogP contribution in [0.3, 0.4) is 0 Å². The molecule has 0 saturated carbocycles. The monoisotopic (exact) mass is 257 g/mol. The molecule has 0 atom stereocenters. The number of nitriles is 1. The molecular formula is C11H6F3NO3. The van der Waals surface area contributed by atoms with Crippen LogP contribution in [-0.4, -0.2) is 19.4 Å². The summed E-state index contributed by atoms with van der Waals surface area (Å²) in [5.74, 6) is -1.11. The minimum absolute atomic E-state index is 0.0871. The third-order valence-electron chi connectivity index (χ3n) is 2.14. The van der Waals surface area contributed by atoms with E-state index in [2.05, 4.69) is 4.74 Å². The van der Waals surface area contributed by atoms with Gasteiger partial charge in [0.05, 0.1) is 29.9 Å². The Bertz CT molecular complexity index is 544. The van der Waals surface area contributed by atoms with E-state index in [1.165, 1.54) is 6.07 Å². The molecule has 1 aromatic rings. The summed E-state index contributed by atoms with van der Waals surface area (Å²) in [6, 6.07) is 2.88. The minimum Gasteiger partial charge on any atom is -0.465 e. The highest BCUT2D eigenvalue weighted by atomic mass is 19.4. The molecule has 0 amide bonds. The van der Waals surface area contributed by atoms with Crippen molar-refractivity contribution in [1.82, 2.24) is 0 Å². The third-order valence-corrected chi connectivity index (χ3v) is 2.14. The van der Waals surface area contributed by atoms with Crippen LogP contribution in [0, 0.1) is 11.3 Å². The number of alkyl halides is 3. The average molecular weight is 257 g/mol. The number of benzene rings is 1. The van der Waals surface area contributed by atoms with Crippen molar-refractivity contribution < 1.29 is 27.5 Å². The first-order valence-electron chi connectivity index (χ1n) is 4.54. The molecule has 0 spiro atoms. The largest absolute Gasteiger partial charge is 0.465 e. The number of rotatable bonds is 2. The summed E-state index contributed by atoms with van der Waals surface area (Å²) < 4.78 is 42.3. The van der Waals surface area contributed by atoms with E-state index in [0.717, 1.165) is 13.2 Å². The lowest BCUT2D eigenvalue weighted by Crippen LogP contribution is -2.15. The first kappa shape index (κ1) is 13.7. The van der Waals surface area contributed by atoms with Gasteiger partial charge in [-0.3, -0.25) is 4.79 Å². The summed E-state index contributed by atoms with van der Waals surface area (Å²) in [5.41, 5.74) is -3.14. The van der Waals surface area contributed by atoms with Gasteiger partial charge in [-0.1, -0.05) is 0 Å². The van der Waals surface area contributed by atoms with Gasteiger partial charge in [0.25, 0.3) is 0 Å². The van der Waals surface area contributed by atoms with Crippen LogP contribution in [0.2, 0.25) is 0 Å². The quantitative estimate of drug-likeness (QED) is 0.601. The van der Waals surface area contributed by atoms with Gasteiger partial charge in [0.1, 0.15) is 0 Å². The lowest BCUT2D eigenvalue weighted by atomic mass is 9.98. The van der Waals surface area contributed by atoms with Crippen LogP contribution in [0.1, 0.15) is 31.8 Å². The van der Waals surface area contributed by atoms with Gasteiger partial charge < -0.3 is 4.74 Å². The van der Waals surface area contributed by atoms with Gasteiger partial charge in [-0.05, 0) is 12.1 Å². The standard InChI is InChI=1S/C11H6F3NO3/c1-18-10(17)7-2-6(4-15)3-9(8(7)5-16)11(12,13)14/h2-3,5H,1H3. The van der Waals surface area contributed by atoms with Gasteiger partial charge in [-0.25, -0.2) is 4.79 Å². The van der Waals surface area contributed by atoms with Gasteiger partial charge in [0.2, 0.25) is 0 Å². The molecule has 4 nitrogen and oxygen atoms in total. The van der Waals surface area contributed by atoms with Crippen LogP contribution in [0.25, 0.3) is 0 Å². The van der Waals surface area contributed by atoms with Crippen molar-refractivity contribution in [2.24, 2.45) is 0 Å². The van der Waals surface area contributed by atoms with Gasteiger partial charge >= 0.3 is 12.1 Å². The molecule has 0 unspecified atom stereocenters. The lowest BCUT2D eigenvalue weighted by molar-refractivity contribution is -0.137. The summed E-state index contributed by atoms with van der Waals surface area (Å²) in [6.45, 7) is 0. The molecular weight excluding hydrogens is 251 g/mol. The second kappa shape index (κ2) is 4.87. The molecule has 0 fully saturated rings. The zero-order chi connectivity index (χ0) is 13.9. The zero-order valence-electron chi connectivity index (χ0n) is 9.04. The Morgan fingerprint density at radius 2 is 2.06 bits per heavy atom. The summed E-state index contributed by atoms with van der Waals surface area (Å²) in [6.07, 6.45) is -4.93. The number of esters is 1. The SMILES string of the molecule is COC(=O)c1cc(C#N)cc(C(F)(F)F)c1C=O. The van der Waals surface area contributed by atoms with Crippen molar-refractivity contribution in [2.45, 2.75) is 6.18 Å². The number of hydrogen-bond donors (Lipinski definition) is 0. The molecule has 18 heavy (non-hydrogen) atoms. The first-order valence-corrected chi connectivity index (χ1v) is 4.54. The summed E-state index contributed by atoms with van der Waals surface area (Å²) >= 11 is 0. The Labute approximate surface area is 99.6 Å². The van der Waals surface area contributed by atoms with Crippen LogP contribution in [0.5, 0.6) is 0 Å². The first-order chi connectivity index (χ1) is 8.35. The molecule has 0 aromatic heterocycles. The van der Waals surface area contributed by atoms with Crippen LogP contribution in [-0.2, 0) is 10.9 Å². The fourth-order valence-electron chi connectivity index (χ4n) is 1.36. The van der Waals surface area contributed by atoms with E-state index in [-0.39, 0.29) is 11.8 Å². The lowest BCUT2D eigenvalue weighted by Gasteiger charge is -2.12. The minimum atomic E-state index is -4.84. The number of aldehydes is 1. The van der Waals surface area contributed by atoms with E-state index in [9.17, 15) is 22.8 Å². The molecule has 0 saturated heterocycles. The average Bonchev–Trinajstić information content (AvgIpc) is 2.34. The molecule has 0 heterocycles. The number of carbonyl (C=O) groups is 2. The second-order valence-electron chi connectivity index (χ2n) is 3.20. The Hall–Kier alpha value is -2.36. The van der Waals surface area contributed by atoms with Gasteiger partial charge in [0.15, 0.2) is 6.29 Å². The highest BCUT2D eigenvalue weighted by Gasteiger charge is 2.36. The molecule has 1 aromatic carbocycles. The van der Waals surface area contributed by atoms with Crippen LogP contribution >= 0.6 is 0 Å². The van der Waals surface area contributed by atoms with Gasteiger partial charge in [-0.2, -0.15) is 18.4 Å². The van der Waals surface area contributed by atoms with Crippen molar-refractivity contribution in [2.75, 3.05) is 7.11 Å². The molecule has 0 N–H and O–H groups in total. The predicted octanol–water partition coefficient (Wildman–Crippen LogP) is 2.18. The van der Waals surface area contributed by atoms with Crippen molar-refractivity contribution in [3.05, 3.63) is 34.4 Å². The maximum absolute atomic E-state index is 12.7. The zero-order valence-corrected chi connectivity index (χ0v) is 9.04. The molecule has 0 radical (unpaired) electrons. The number of methoxy groups -OCH3 is 1. The highest BCUT2D eigenvalue weighted by molar-refractivity contribution is 5.99. The fourth-order valence-corrected chi connectivity index (χ4v) is 1.36. The van der Waals surface area contributed by atoms with Crippen molar-refractivity contribution >= 4 is 12.3 Å². The van der Waals surface area contributed by atoms with E-state index < -0.39 is 28.8 Å². The fraction of sp³-hybridized carbons (Fsp3) is 0.182. The Kier molecular flexibility index (Phi) is 3.71. The number of carbonyl (C=O) groups excluding carboxylic acids is 2. The topological polar surface area (TPSA) is 67.2 Å². The highest BCUT2D eigenvalue weighted by Crippen LogP contribution is 2.33. The van der Waals surface area contributed by atoms with E-state index in [1.54, 1.807) is 0 Å². The molecule has 0 aliphatic heterocycles. The maximum atomic E-state index is 12.7. The predicted molar refractivity (Wildman–Crippen MR) is 52.9 cm³/mol. The normalized spacial score (nSPS) is 10.6. The second-order valence-corrected chi connectivity index (χ2v) is 3.20. The molecule has 1 rings (SSSR count). The molecule has 0 aliphatic rings. The molecule has 7 heteroatoms. The molecule has 0 aliphatic carbocycles. The van der Waals surface area contributed by atoms with Crippen LogP contribution in [0.15, 0.2) is 12.1 Å². The van der Waals surface area contributed by atoms with Gasteiger partial charge in [-0.15, -0.1) is 0 Å². The summed E-state index contributed by atoms with van der Waals surface area (Å²) in [4.78, 5) is 22.0. The Morgan fingerprint density at radius 1 is 1.44 bits per heavy atom. The number of ether oxygens (including phenoxy) is 1. The van der Waals surface area contributed by atoms with E-state index in [1.807, 2.05) is 0 Å². The van der Waals surface area contributed by atoms with Crippen molar-refractivity contribution in [3.63, 3.8) is 0 Å². The number of halogens is 3. The molecule has 94 valence electrons. The van der Waals surface area contributed by atoms with E-state index >= 15 is 0 Å².